The van der Waals surface area contributed by atoms with Crippen LogP contribution in [0.4, 0.5) is 5.13 Å². The zero-order chi connectivity index (χ0) is 23.1. The van der Waals surface area contributed by atoms with Gasteiger partial charge in [-0.3, -0.25) is 14.5 Å². The number of amides is 1. The highest BCUT2D eigenvalue weighted by Gasteiger charge is 2.46. The second kappa shape index (κ2) is 8.10. The van der Waals surface area contributed by atoms with Gasteiger partial charge < -0.3 is 19.0 Å². The average molecular weight is 462 g/mol. The highest BCUT2D eigenvalue weighted by molar-refractivity contribution is 7.22. The lowest BCUT2D eigenvalue weighted by atomic mass is 9.95. The Bertz CT molecular complexity index is 1410. The maximum absolute atomic E-state index is 13.3. The maximum Gasteiger partial charge on any atom is 0.296 e. The first kappa shape index (κ1) is 20.8. The van der Waals surface area contributed by atoms with Crippen molar-refractivity contribution in [2.24, 2.45) is 0 Å². The first-order chi connectivity index (χ1) is 16.0. The Kier molecular flexibility index (Phi) is 5.10. The van der Waals surface area contributed by atoms with Crippen molar-refractivity contribution >= 4 is 38.4 Å². The molecule has 3 heterocycles. The van der Waals surface area contributed by atoms with Gasteiger partial charge in [0, 0.05) is 0 Å². The summed E-state index contributed by atoms with van der Waals surface area (Å²) < 4.78 is 16.7. The molecular formula is C24H18N2O6S. The van der Waals surface area contributed by atoms with Crippen molar-refractivity contribution in [3.05, 3.63) is 83.5 Å². The summed E-state index contributed by atoms with van der Waals surface area (Å²) in [6.07, 6.45) is 1.36. The number of nitrogens with zero attached hydrogens (tertiary/aromatic N) is 2. The van der Waals surface area contributed by atoms with E-state index in [1.165, 1.54) is 35.7 Å². The van der Waals surface area contributed by atoms with E-state index < -0.39 is 23.5 Å². The van der Waals surface area contributed by atoms with Crippen LogP contribution in [0.3, 0.4) is 0 Å². The van der Waals surface area contributed by atoms with Gasteiger partial charge in [-0.2, -0.15) is 0 Å². The Morgan fingerprint density at radius 2 is 1.88 bits per heavy atom. The zero-order valence-electron chi connectivity index (χ0n) is 17.6. The Labute approximate surface area is 192 Å². The molecule has 4 aromatic rings. The van der Waals surface area contributed by atoms with Crippen molar-refractivity contribution in [1.29, 1.82) is 0 Å². The number of aliphatic hydroxyl groups excluding tert-OH is 1. The number of furan rings is 1. The number of fused-ring (bicyclic) bond motifs is 1. The van der Waals surface area contributed by atoms with Crippen molar-refractivity contribution in [1.82, 2.24) is 4.98 Å². The molecule has 2 aromatic carbocycles. The third-order valence-corrected chi connectivity index (χ3v) is 6.42. The van der Waals surface area contributed by atoms with Crippen LogP contribution in [0.1, 0.15) is 22.2 Å². The van der Waals surface area contributed by atoms with Gasteiger partial charge in [0.05, 0.1) is 42.3 Å². The van der Waals surface area contributed by atoms with Crippen molar-refractivity contribution < 1.29 is 28.6 Å². The molecule has 9 heteroatoms. The molecule has 0 aliphatic carbocycles. The van der Waals surface area contributed by atoms with Crippen LogP contribution in [0.2, 0.25) is 0 Å². The van der Waals surface area contributed by atoms with E-state index in [1.807, 2.05) is 6.07 Å². The standard InChI is InChI=1S/C24H18N2O6S/c1-30-14-6-3-5-13(11-14)20-19(21(27)17-7-4-10-32-17)22(28)23(29)26(20)24-25-16-9-8-15(31-2)12-18(16)33-24/h3-12,20,28H,1-2H3/t20-/m0/s1. The van der Waals surface area contributed by atoms with Crippen molar-refractivity contribution in [3.8, 4) is 11.5 Å². The Balaban J connectivity index is 1.68. The monoisotopic (exact) mass is 462 g/mol. The minimum atomic E-state index is -0.923. The molecule has 0 saturated carbocycles. The van der Waals surface area contributed by atoms with Crippen LogP contribution < -0.4 is 14.4 Å². The molecule has 0 radical (unpaired) electrons. The first-order valence-electron chi connectivity index (χ1n) is 9.95. The normalized spacial score (nSPS) is 16.0. The van der Waals surface area contributed by atoms with Crippen molar-refractivity contribution in [2.75, 3.05) is 19.1 Å². The average Bonchev–Trinajstić information content (AvgIpc) is 3.57. The largest absolute Gasteiger partial charge is 0.503 e. The lowest BCUT2D eigenvalue weighted by Gasteiger charge is -2.24. The fourth-order valence-electron chi connectivity index (χ4n) is 3.82. The van der Waals surface area contributed by atoms with E-state index in [-0.39, 0.29) is 11.3 Å². The molecule has 33 heavy (non-hydrogen) atoms. The molecule has 1 N–H and O–H groups in total. The fourth-order valence-corrected chi connectivity index (χ4v) is 4.85. The van der Waals surface area contributed by atoms with Crippen molar-refractivity contribution in [2.45, 2.75) is 6.04 Å². The van der Waals surface area contributed by atoms with Gasteiger partial charge >= 0.3 is 0 Å². The first-order valence-corrected chi connectivity index (χ1v) is 10.8. The van der Waals surface area contributed by atoms with Crippen LogP contribution in [-0.4, -0.2) is 36.0 Å². The molecule has 5 rings (SSSR count). The molecular weight excluding hydrogens is 444 g/mol. The highest BCUT2D eigenvalue weighted by atomic mass is 32.1. The number of Topliss-reactive ketones (excluding diaryl/α,β-unsaturated/α-hetero) is 1. The predicted octanol–water partition coefficient (Wildman–Crippen LogP) is 4.69. The van der Waals surface area contributed by atoms with Gasteiger partial charge in [0.15, 0.2) is 16.7 Å². The second-order valence-corrected chi connectivity index (χ2v) is 8.26. The van der Waals surface area contributed by atoms with E-state index in [4.69, 9.17) is 13.9 Å². The predicted molar refractivity (Wildman–Crippen MR) is 122 cm³/mol. The van der Waals surface area contributed by atoms with Crippen LogP contribution in [0, 0.1) is 0 Å². The quantitative estimate of drug-likeness (QED) is 0.415. The van der Waals surface area contributed by atoms with Crippen LogP contribution in [0.5, 0.6) is 11.5 Å². The number of methoxy groups -OCH3 is 2. The number of hydrogen-bond donors (Lipinski definition) is 1. The van der Waals surface area contributed by atoms with Gasteiger partial charge in [0.1, 0.15) is 11.5 Å². The van der Waals surface area contributed by atoms with Crippen LogP contribution in [-0.2, 0) is 4.79 Å². The summed E-state index contributed by atoms with van der Waals surface area (Å²) in [5.41, 5.74) is 1.16. The number of benzene rings is 2. The Hall–Kier alpha value is -4.11. The number of aromatic nitrogens is 1. The summed E-state index contributed by atoms with van der Waals surface area (Å²) in [4.78, 5) is 32.5. The van der Waals surface area contributed by atoms with Gasteiger partial charge in [-0.1, -0.05) is 23.5 Å². The minimum absolute atomic E-state index is 0.0214. The smallest absolute Gasteiger partial charge is 0.296 e. The van der Waals surface area contributed by atoms with Gasteiger partial charge in [0.2, 0.25) is 5.78 Å². The van der Waals surface area contributed by atoms with Gasteiger partial charge in [-0.15, -0.1) is 0 Å². The second-order valence-electron chi connectivity index (χ2n) is 7.25. The Morgan fingerprint density at radius 3 is 2.61 bits per heavy atom. The number of carbonyl (C=O) groups excluding carboxylic acids is 2. The number of carbonyl (C=O) groups is 2. The van der Waals surface area contributed by atoms with E-state index in [2.05, 4.69) is 4.98 Å². The summed E-state index contributed by atoms with van der Waals surface area (Å²) in [6.45, 7) is 0. The zero-order valence-corrected chi connectivity index (χ0v) is 18.5. The van der Waals surface area contributed by atoms with E-state index in [0.29, 0.717) is 27.7 Å². The molecule has 1 aliphatic rings. The topological polar surface area (TPSA) is 102 Å². The van der Waals surface area contributed by atoms with Crippen LogP contribution in [0.25, 0.3) is 10.2 Å². The summed E-state index contributed by atoms with van der Waals surface area (Å²) >= 11 is 1.26. The molecule has 0 spiro atoms. The number of thiazole rings is 1. The van der Waals surface area contributed by atoms with E-state index >= 15 is 0 Å². The number of ketones is 1. The van der Waals surface area contributed by atoms with Gasteiger partial charge in [-0.25, -0.2) is 4.98 Å². The van der Waals surface area contributed by atoms with Crippen LogP contribution >= 0.6 is 11.3 Å². The lowest BCUT2D eigenvalue weighted by molar-refractivity contribution is -0.117. The molecule has 166 valence electrons. The minimum Gasteiger partial charge on any atom is -0.503 e. The van der Waals surface area contributed by atoms with Crippen LogP contribution in [0.15, 0.2) is 76.6 Å². The van der Waals surface area contributed by atoms with E-state index in [9.17, 15) is 14.7 Å². The summed E-state index contributed by atoms with van der Waals surface area (Å²) in [7, 11) is 3.10. The number of anilines is 1. The van der Waals surface area contributed by atoms with Crippen molar-refractivity contribution in [3.63, 3.8) is 0 Å². The lowest BCUT2D eigenvalue weighted by Crippen LogP contribution is -2.31. The van der Waals surface area contributed by atoms with E-state index in [0.717, 1.165) is 4.70 Å². The van der Waals surface area contributed by atoms with E-state index in [1.54, 1.807) is 49.6 Å². The third-order valence-electron chi connectivity index (χ3n) is 5.40. The molecule has 1 aliphatic heterocycles. The number of rotatable bonds is 6. The maximum atomic E-state index is 13.3. The molecule has 2 aromatic heterocycles. The molecule has 1 atom stereocenters. The fraction of sp³-hybridized carbons (Fsp3) is 0.125. The number of ether oxygens (including phenoxy) is 2. The molecule has 0 fully saturated rings. The van der Waals surface area contributed by atoms with Gasteiger partial charge in [0.25, 0.3) is 5.91 Å². The molecule has 0 unspecified atom stereocenters. The molecule has 0 bridgehead atoms. The molecule has 0 saturated heterocycles. The third kappa shape index (κ3) is 3.42. The summed E-state index contributed by atoms with van der Waals surface area (Å²) in [5, 5.41) is 11.2. The number of hydrogen-bond acceptors (Lipinski definition) is 8. The summed E-state index contributed by atoms with van der Waals surface area (Å²) in [6, 6.07) is 14.5. The highest BCUT2D eigenvalue weighted by Crippen LogP contribution is 2.45. The number of aliphatic hydroxyl groups is 1. The molecule has 1 amide bonds. The SMILES string of the molecule is COc1cccc([C@H]2C(C(=O)c3ccco3)=C(O)C(=O)N2c2nc3ccc(OC)cc3s2)c1. The summed E-state index contributed by atoms with van der Waals surface area (Å²) in [5.74, 6) is -0.712. The Morgan fingerprint density at radius 1 is 1.09 bits per heavy atom. The van der Waals surface area contributed by atoms with Gasteiger partial charge in [-0.05, 0) is 48.0 Å². The molecule has 8 nitrogen and oxygen atoms in total.